The molecule has 3 aromatic rings. The Balaban J connectivity index is 1.82. The number of aryl methyl sites for hydroxylation is 1. The highest BCUT2D eigenvalue weighted by Crippen LogP contribution is 2.30. The van der Waals surface area contributed by atoms with E-state index >= 15 is 0 Å². The standard InChI is InChI=1S/C24H31N3O2S/c1-5-6-16-29-20-11-9-19(10-12-20)23(28)27(15-7-14-26(3)4)24-25-21-13-8-18(2)17-22(21)30-24/h8-13,17H,5-7,14-16H2,1-4H3/p+1. The predicted octanol–water partition coefficient (Wildman–Crippen LogP) is 3.97. The van der Waals surface area contributed by atoms with Crippen LogP contribution >= 0.6 is 11.3 Å². The molecule has 3 rings (SSSR count). The molecule has 1 aromatic heterocycles. The van der Waals surface area contributed by atoms with Crippen molar-refractivity contribution < 1.29 is 14.4 Å². The van der Waals surface area contributed by atoms with Gasteiger partial charge in [-0.15, -0.1) is 0 Å². The molecule has 0 saturated heterocycles. The Morgan fingerprint density at radius 1 is 1.13 bits per heavy atom. The lowest BCUT2D eigenvalue weighted by Crippen LogP contribution is -3.05. The SMILES string of the molecule is CCCCOc1ccc(C(=O)N(CCC[NH+](C)C)c2nc3ccc(C)cc3s2)cc1. The van der Waals surface area contributed by atoms with Gasteiger partial charge in [-0.3, -0.25) is 9.69 Å². The minimum atomic E-state index is -0.0142. The normalized spacial score (nSPS) is 11.2. The molecule has 0 aliphatic heterocycles. The van der Waals surface area contributed by atoms with E-state index in [1.165, 1.54) is 10.5 Å². The Labute approximate surface area is 183 Å². The van der Waals surface area contributed by atoms with Crippen LogP contribution < -0.4 is 14.5 Å². The summed E-state index contributed by atoms with van der Waals surface area (Å²) in [6.07, 6.45) is 3.04. The molecule has 1 amide bonds. The van der Waals surface area contributed by atoms with Gasteiger partial charge in [0.25, 0.3) is 5.91 Å². The molecule has 30 heavy (non-hydrogen) atoms. The second kappa shape index (κ2) is 10.5. The van der Waals surface area contributed by atoms with E-state index in [2.05, 4.69) is 40.1 Å². The van der Waals surface area contributed by atoms with E-state index in [1.54, 1.807) is 11.3 Å². The molecule has 2 aromatic carbocycles. The highest BCUT2D eigenvalue weighted by Gasteiger charge is 2.21. The van der Waals surface area contributed by atoms with Crippen LogP contribution in [-0.4, -0.2) is 44.7 Å². The van der Waals surface area contributed by atoms with Crippen molar-refractivity contribution in [2.75, 3.05) is 38.7 Å². The molecule has 0 bridgehead atoms. The summed E-state index contributed by atoms with van der Waals surface area (Å²) < 4.78 is 6.84. The average molecular weight is 427 g/mol. The lowest BCUT2D eigenvalue weighted by Gasteiger charge is -2.20. The van der Waals surface area contributed by atoms with E-state index in [4.69, 9.17) is 9.72 Å². The smallest absolute Gasteiger partial charge is 0.260 e. The number of quaternary nitrogens is 1. The molecule has 0 aliphatic carbocycles. The van der Waals surface area contributed by atoms with Gasteiger partial charge in [0.15, 0.2) is 5.13 Å². The summed E-state index contributed by atoms with van der Waals surface area (Å²) in [7, 11) is 4.26. The molecule has 0 spiro atoms. The van der Waals surface area contributed by atoms with Gasteiger partial charge in [0.2, 0.25) is 0 Å². The Morgan fingerprint density at radius 3 is 2.60 bits per heavy atom. The van der Waals surface area contributed by atoms with Crippen molar-refractivity contribution >= 4 is 32.6 Å². The lowest BCUT2D eigenvalue weighted by molar-refractivity contribution is -0.858. The summed E-state index contributed by atoms with van der Waals surface area (Å²) in [6.45, 7) is 6.57. The van der Waals surface area contributed by atoms with Crippen LogP contribution in [0.5, 0.6) is 5.75 Å². The molecule has 0 unspecified atom stereocenters. The van der Waals surface area contributed by atoms with Gasteiger partial charge in [0.05, 0.1) is 37.5 Å². The Kier molecular flexibility index (Phi) is 7.82. The zero-order valence-corrected chi connectivity index (χ0v) is 19.2. The quantitative estimate of drug-likeness (QED) is 0.499. The van der Waals surface area contributed by atoms with Crippen LogP contribution in [0.2, 0.25) is 0 Å². The molecule has 5 nitrogen and oxygen atoms in total. The molecule has 0 saturated carbocycles. The number of carbonyl (C=O) groups is 1. The van der Waals surface area contributed by atoms with Crippen LogP contribution in [0.3, 0.4) is 0 Å². The number of thiazole rings is 1. The van der Waals surface area contributed by atoms with E-state index in [-0.39, 0.29) is 5.91 Å². The third-order valence-corrected chi connectivity index (χ3v) is 5.98. The van der Waals surface area contributed by atoms with Crippen molar-refractivity contribution in [3.8, 4) is 5.75 Å². The molecule has 1 N–H and O–H groups in total. The van der Waals surface area contributed by atoms with E-state index in [9.17, 15) is 4.79 Å². The third kappa shape index (κ3) is 5.80. The summed E-state index contributed by atoms with van der Waals surface area (Å²) >= 11 is 1.58. The summed E-state index contributed by atoms with van der Waals surface area (Å²) in [4.78, 5) is 21.3. The zero-order chi connectivity index (χ0) is 21.5. The number of nitrogens with zero attached hydrogens (tertiary/aromatic N) is 2. The zero-order valence-electron chi connectivity index (χ0n) is 18.4. The number of unbranched alkanes of at least 4 members (excludes halogenated alkanes) is 1. The fourth-order valence-corrected chi connectivity index (χ4v) is 4.28. The van der Waals surface area contributed by atoms with Crippen LogP contribution in [0.15, 0.2) is 42.5 Å². The van der Waals surface area contributed by atoms with Crippen molar-refractivity contribution in [1.82, 2.24) is 4.98 Å². The number of carbonyl (C=O) groups excluding carboxylic acids is 1. The molecular weight excluding hydrogens is 394 g/mol. The van der Waals surface area contributed by atoms with Gasteiger partial charge in [-0.25, -0.2) is 4.98 Å². The monoisotopic (exact) mass is 426 g/mol. The number of ether oxygens (including phenoxy) is 1. The first kappa shape index (κ1) is 22.2. The van der Waals surface area contributed by atoms with Crippen LogP contribution in [0.1, 0.15) is 42.1 Å². The fourth-order valence-electron chi connectivity index (χ4n) is 3.19. The van der Waals surface area contributed by atoms with Gasteiger partial charge in [0.1, 0.15) is 5.75 Å². The number of hydrogen-bond donors (Lipinski definition) is 1. The highest BCUT2D eigenvalue weighted by atomic mass is 32.1. The first-order valence-corrected chi connectivity index (χ1v) is 11.5. The lowest BCUT2D eigenvalue weighted by atomic mass is 10.2. The number of anilines is 1. The first-order valence-electron chi connectivity index (χ1n) is 10.7. The van der Waals surface area contributed by atoms with Gasteiger partial charge in [-0.1, -0.05) is 30.7 Å². The Morgan fingerprint density at radius 2 is 1.90 bits per heavy atom. The maximum absolute atomic E-state index is 13.4. The second-order valence-corrected chi connectivity index (χ2v) is 8.97. The number of benzene rings is 2. The van der Waals surface area contributed by atoms with Gasteiger partial charge in [0, 0.05) is 18.5 Å². The second-order valence-electron chi connectivity index (χ2n) is 7.96. The molecule has 160 valence electrons. The molecular formula is C24H32N3O2S+. The van der Waals surface area contributed by atoms with Crippen molar-refractivity contribution in [1.29, 1.82) is 0 Å². The summed E-state index contributed by atoms with van der Waals surface area (Å²) in [5.41, 5.74) is 2.80. The number of hydrogen-bond acceptors (Lipinski definition) is 4. The summed E-state index contributed by atoms with van der Waals surface area (Å²) in [5, 5.41) is 0.762. The minimum absolute atomic E-state index is 0.0142. The van der Waals surface area contributed by atoms with Gasteiger partial charge < -0.3 is 9.64 Å². The average Bonchev–Trinajstić information content (AvgIpc) is 3.14. The summed E-state index contributed by atoms with van der Waals surface area (Å²) in [6, 6.07) is 13.7. The number of rotatable bonds is 10. The van der Waals surface area contributed by atoms with E-state index in [1.807, 2.05) is 35.2 Å². The van der Waals surface area contributed by atoms with Crippen molar-refractivity contribution in [3.05, 3.63) is 53.6 Å². The predicted molar refractivity (Wildman–Crippen MR) is 125 cm³/mol. The molecule has 0 fully saturated rings. The molecule has 0 atom stereocenters. The molecule has 6 heteroatoms. The minimum Gasteiger partial charge on any atom is -0.494 e. The molecule has 1 heterocycles. The first-order chi connectivity index (χ1) is 14.5. The van der Waals surface area contributed by atoms with Crippen molar-refractivity contribution in [2.24, 2.45) is 0 Å². The van der Waals surface area contributed by atoms with Crippen molar-refractivity contribution in [3.63, 3.8) is 0 Å². The molecule has 0 radical (unpaired) electrons. The highest BCUT2D eigenvalue weighted by molar-refractivity contribution is 7.22. The third-order valence-electron chi connectivity index (χ3n) is 4.94. The molecule has 0 aliphatic rings. The van der Waals surface area contributed by atoms with Crippen LogP contribution in [0.25, 0.3) is 10.2 Å². The van der Waals surface area contributed by atoms with Crippen molar-refractivity contribution in [2.45, 2.75) is 33.1 Å². The van der Waals surface area contributed by atoms with E-state index in [0.717, 1.165) is 46.9 Å². The number of fused-ring (bicyclic) bond motifs is 1. The number of aromatic nitrogens is 1. The Hall–Kier alpha value is -2.44. The van der Waals surface area contributed by atoms with Gasteiger partial charge >= 0.3 is 0 Å². The number of nitrogens with one attached hydrogen (secondary N) is 1. The van der Waals surface area contributed by atoms with Gasteiger partial charge in [-0.2, -0.15) is 0 Å². The fraction of sp³-hybridized carbons (Fsp3) is 0.417. The van der Waals surface area contributed by atoms with Crippen LogP contribution in [0.4, 0.5) is 5.13 Å². The number of amides is 1. The van der Waals surface area contributed by atoms with E-state index in [0.29, 0.717) is 18.7 Å². The van der Waals surface area contributed by atoms with E-state index < -0.39 is 0 Å². The van der Waals surface area contributed by atoms with Crippen LogP contribution in [0, 0.1) is 6.92 Å². The maximum atomic E-state index is 13.4. The van der Waals surface area contributed by atoms with Crippen LogP contribution in [-0.2, 0) is 0 Å². The Bertz CT molecular complexity index is 966. The maximum Gasteiger partial charge on any atom is 0.260 e. The summed E-state index contributed by atoms with van der Waals surface area (Å²) in [5.74, 6) is 0.790. The topological polar surface area (TPSA) is 46.9 Å². The largest absolute Gasteiger partial charge is 0.494 e. The van der Waals surface area contributed by atoms with Gasteiger partial charge in [-0.05, 0) is 55.3 Å².